The summed E-state index contributed by atoms with van der Waals surface area (Å²) in [5.41, 5.74) is 13.8. The predicted molar refractivity (Wildman–Crippen MR) is 187 cm³/mol. The van der Waals surface area contributed by atoms with E-state index >= 15 is 0 Å². The predicted octanol–water partition coefficient (Wildman–Crippen LogP) is 10.7. The fourth-order valence-electron chi connectivity index (χ4n) is 7.91. The number of benzene rings is 7. The van der Waals surface area contributed by atoms with Gasteiger partial charge < -0.3 is 4.57 Å². The van der Waals surface area contributed by atoms with Gasteiger partial charge in [-0.15, -0.1) is 0 Å². The van der Waals surface area contributed by atoms with Crippen LogP contribution in [0.25, 0.3) is 38.6 Å². The topological polar surface area (TPSA) is 4.93 Å². The van der Waals surface area contributed by atoms with Crippen LogP contribution in [0, 0.1) is 0 Å². The van der Waals surface area contributed by atoms with Crippen molar-refractivity contribution in [2.45, 2.75) is 11.8 Å². The van der Waals surface area contributed by atoms with E-state index in [2.05, 4.69) is 180 Å². The van der Waals surface area contributed by atoms with Gasteiger partial charge in [-0.2, -0.15) is 0 Å². The molecule has 1 aliphatic rings. The lowest BCUT2D eigenvalue weighted by molar-refractivity contribution is 0.736. The zero-order valence-corrected chi connectivity index (χ0v) is 24.9. The molecule has 1 aliphatic carbocycles. The zero-order chi connectivity index (χ0) is 29.8. The molecule has 0 N–H and O–H groups in total. The molecule has 0 aliphatic heterocycles. The van der Waals surface area contributed by atoms with Gasteiger partial charge >= 0.3 is 0 Å². The number of aromatic nitrogens is 1. The molecule has 9 rings (SSSR count). The number of para-hydroxylation sites is 2. The second kappa shape index (κ2) is 10.2. The van der Waals surface area contributed by atoms with Gasteiger partial charge in [-0.25, -0.2) is 0 Å². The first-order chi connectivity index (χ1) is 22.3. The van der Waals surface area contributed by atoms with Gasteiger partial charge in [0.1, 0.15) is 0 Å². The van der Waals surface area contributed by atoms with E-state index in [1.54, 1.807) is 0 Å². The van der Waals surface area contributed by atoms with E-state index in [0.717, 1.165) is 6.42 Å². The summed E-state index contributed by atoms with van der Waals surface area (Å²) in [6.07, 6.45) is 0.905. The van der Waals surface area contributed by atoms with E-state index in [0.29, 0.717) is 0 Å². The smallest absolute Gasteiger partial charge is 0.0704 e. The highest BCUT2D eigenvalue weighted by molar-refractivity contribution is 6.09. The summed E-state index contributed by atoms with van der Waals surface area (Å²) < 4.78 is 2.43. The van der Waals surface area contributed by atoms with Crippen molar-refractivity contribution in [3.05, 3.63) is 209 Å². The fourth-order valence-corrected chi connectivity index (χ4v) is 7.91. The molecule has 0 fully saturated rings. The Bertz CT molecular complexity index is 2180. The highest BCUT2D eigenvalue weighted by atomic mass is 15.0. The molecule has 0 unspecified atom stereocenters. The van der Waals surface area contributed by atoms with Crippen molar-refractivity contribution in [3.8, 4) is 16.8 Å². The van der Waals surface area contributed by atoms with Crippen LogP contribution in [0.15, 0.2) is 176 Å². The van der Waals surface area contributed by atoms with Crippen LogP contribution in [0.3, 0.4) is 0 Å². The SMILES string of the molecule is c1ccc(C(c2ccccc2)(c2ccccc2)c2cccc3c2Cc2ccc(-n4c5ccccc5c5ccccc54)cc2-3)cc1. The van der Waals surface area contributed by atoms with Crippen molar-refractivity contribution >= 4 is 21.8 Å². The molecule has 1 nitrogen and oxygen atoms in total. The quantitative estimate of drug-likeness (QED) is 0.181. The number of rotatable bonds is 5. The molecular weight excluding hydrogens is 542 g/mol. The Morgan fingerprint density at radius 1 is 0.422 bits per heavy atom. The Hall–Kier alpha value is -5.66. The highest BCUT2D eigenvalue weighted by Gasteiger charge is 2.41. The standard InChI is InChI=1S/C44H31N/c1-4-15-32(16-5-1)44(33-17-6-2-7-18-33,34-19-8-3-9-20-34)41-24-14-23-36-39-30-35(28-27-31(39)29-40(36)41)45-42-25-12-10-21-37(42)38-22-11-13-26-43(38)45/h1-28,30H,29H2. The van der Waals surface area contributed by atoms with E-state index in [4.69, 9.17) is 0 Å². The molecule has 1 aromatic heterocycles. The van der Waals surface area contributed by atoms with Crippen LogP contribution in [0.4, 0.5) is 0 Å². The Morgan fingerprint density at radius 2 is 0.933 bits per heavy atom. The van der Waals surface area contributed by atoms with E-state index in [1.165, 1.54) is 72.0 Å². The number of nitrogens with zero attached hydrogens (tertiary/aromatic N) is 1. The maximum Gasteiger partial charge on any atom is 0.0704 e. The third kappa shape index (κ3) is 3.81. The molecule has 1 heterocycles. The van der Waals surface area contributed by atoms with Gasteiger partial charge in [-0.3, -0.25) is 0 Å². The zero-order valence-electron chi connectivity index (χ0n) is 24.9. The molecule has 0 radical (unpaired) electrons. The van der Waals surface area contributed by atoms with Gasteiger partial charge in [-0.1, -0.05) is 152 Å². The molecular formula is C44H31N. The maximum absolute atomic E-state index is 2.43. The molecule has 0 saturated heterocycles. The van der Waals surface area contributed by atoms with Crippen molar-refractivity contribution in [1.82, 2.24) is 4.57 Å². The Balaban J connectivity index is 1.30. The van der Waals surface area contributed by atoms with Crippen LogP contribution in [-0.4, -0.2) is 4.57 Å². The van der Waals surface area contributed by atoms with Crippen molar-refractivity contribution in [2.24, 2.45) is 0 Å². The largest absolute Gasteiger partial charge is 0.309 e. The molecule has 8 aromatic rings. The summed E-state index contributed by atoms with van der Waals surface area (Å²) in [6, 6.07) is 64.7. The molecule has 45 heavy (non-hydrogen) atoms. The van der Waals surface area contributed by atoms with Crippen molar-refractivity contribution in [3.63, 3.8) is 0 Å². The van der Waals surface area contributed by atoms with E-state index in [-0.39, 0.29) is 0 Å². The lowest BCUT2D eigenvalue weighted by Crippen LogP contribution is -2.32. The van der Waals surface area contributed by atoms with Crippen LogP contribution in [0.2, 0.25) is 0 Å². The van der Waals surface area contributed by atoms with Crippen LogP contribution >= 0.6 is 0 Å². The number of fused-ring (bicyclic) bond motifs is 6. The van der Waals surface area contributed by atoms with Gasteiger partial charge in [0.25, 0.3) is 0 Å². The minimum atomic E-state index is -0.465. The van der Waals surface area contributed by atoms with Crippen molar-refractivity contribution < 1.29 is 0 Å². The number of hydrogen-bond donors (Lipinski definition) is 0. The maximum atomic E-state index is 2.43. The molecule has 212 valence electrons. The monoisotopic (exact) mass is 573 g/mol. The third-order valence-electron chi connectivity index (χ3n) is 9.79. The van der Waals surface area contributed by atoms with Gasteiger partial charge in [0.2, 0.25) is 0 Å². The van der Waals surface area contributed by atoms with Crippen LogP contribution in [-0.2, 0) is 11.8 Å². The Kier molecular flexibility index (Phi) is 5.86. The van der Waals surface area contributed by atoms with Gasteiger partial charge in [0, 0.05) is 16.5 Å². The second-order valence-corrected chi connectivity index (χ2v) is 12.1. The summed E-state index contributed by atoms with van der Waals surface area (Å²) in [5.74, 6) is 0. The highest BCUT2D eigenvalue weighted by Crippen LogP contribution is 2.50. The van der Waals surface area contributed by atoms with Gasteiger partial charge in [0.15, 0.2) is 0 Å². The third-order valence-corrected chi connectivity index (χ3v) is 9.79. The summed E-state index contributed by atoms with van der Waals surface area (Å²) >= 11 is 0. The first kappa shape index (κ1) is 25.8. The van der Waals surface area contributed by atoms with Crippen LogP contribution in [0.5, 0.6) is 0 Å². The van der Waals surface area contributed by atoms with Crippen molar-refractivity contribution in [1.29, 1.82) is 0 Å². The molecule has 1 heteroatoms. The lowest BCUT2D eigenvalue weighted by atomic mass is 9.63. The number of hydrogen-bond acceptors (Lipinski definition) is 0. The minimum Gasteiger partial charge on any atom is -0.309 e. The average molecular weight is 574 g/mol. The van der Waals surface area contributed by atoms with Crippen LogP contribution in [0.1, 0.15) is 33.4 Å². The van der Waals surface area contributed by atoms with E-state index in [9.17, 15) is 0 Å². The molecule has 0 saturated carbocycles. The lowest BCUT2D eigenvalue weighted by Gasteiger charge is -2.38. The van der Waals surface area contributed by atoms with Gasteiger partial charge in [-0.05, 0) is 75.2 Å². The molecule has 0 bridgehead atoms. The molecule has 7 aromatic carbocycles. The van der Waals surface area contributed by atoms with E-state index < -0.39 is 5.41 Å². The Morgan fingerprint density at radius 3 is 1.49 bits per heavy atom. The van der Waals surface area contributed by atoms with Crippen LogP contribution < -0.4 is 0 Å². The normalized spacial score (nSPS) is 12.4. The minimum absolute atomic E-state index is 0.465. The van der Waals surface area contributed by atoms with Gasteiger partial charge in [0.05, 0.1) is 16.4 Å². The summed E-state index contributed by atoms with van der Waals surface area (Å²) in [6.45, 7) is 0. The van der Waals surface area contributed by atoms with Crippen molar-refractivity contribution in [2.75, 3.05) is 0 Å². The molecule has 0 amide bonds. The summed E-state index contributed by atoms with van der Waals surface area (Å²) in [5, 5.41) is 2.57. The summed E-state index contributed by atoms with van der Waals surface area (Å²) in [4.78, 5) is 0. The molecule has 0 spiro atoms. The first-order valence-corrected chi connectivity index (χ1v) is 15.7. The Labute approximate surface area is 263 Å². The average Bonchev–Trinajstić information content (AvgIpc) is 3.66. The van der Waals surface area contributed by atoms with E-state index in [1.807, 2.05) is 0 Å². The fraction of sp³-hybridized carbons (Fsp3) is 0.0455. The molecule has 0 atom stereocenters. The first-order valence-electron chi connectivity index (χ1n) is 15.7. The summed E-state index contributed by atoms with van der Waals surface area (Å²) in [7, 11) is 0. The second-order valence-electron chi connectivity index (χ2n) is 12.1.